The zero-order valence-electron chi connectivity index (χ0n) is 9.24. The van der Waals surface area contributed by atoms with E-state index in [4.69, 9.17) is 5.73 Å². The van der Waals surface area contributed by atoms with Gasteiger partial charge in [-0.2, -0.15) is 0 Å². The third-order valence-corrected chi connectivity index (χ3v) is 3.87. The molecule has 90 valence electrons. The van der Waals surface area contributed by atoms with E-state index in [-0.39, 0.29) is 16.2 Å². The first kappa shape index (κ1) is 13.3. The summed E-state index contributed by atoms with van der Waals surface area (Å²) >= 11 is 0. The summed E-state index contributed by atoms with van der Waals surface area (Å²) in [5.74, 6) is -1.44. The van der Waals surface area contributed by atoms with Crippen LogP contribution < -0.4 is 5.73 Å². The fraction of sp³-hybridized carbons (Fsp3) is 0.455. The molecule has 0 saturated carbocycles. The summed E-state index contributed by atoms with van der Waals surface area (Å²) in [7, 11) is -1.49. The van der Waals surface area contributed by atoms with Gasteiger partial charge >= 0.3 is 0 Å². The molecule has 5 heteroatoms. The lowest BCUT2D eigenvalue weighted by Crippen LogP contribution is -2.24. The molecule has 3 atom stereocenters. The monoisotopic (exact) mass is 247 g/mol. The Kier molecular flexibility index (Phi) is 4.56. The van der Waals surface area contributed by atoms with Crippen molar-refractivity contribution in [2.45, 2.75) is 36.5 Å². The Balaban J connectivity index is 2.88. The van der Waals surface area contributed by atoms with Crippen LogP contribution in [0.15, 0.2) is 23.1 Å². The van der Waals surface area contributed by atoms with E-state index in [9.17, 15) is 13.0 Å². The van der Waals surface area contributed by atoms with Crippen LogP contribution in [0.25, 0.3) is 0 Å². The average Bonchev–Trinajstić information content (AvgIpc) is 2.15. The lowest BCUT2D eigenvalue weighted by molar-refractivity contribution is 0.559. The van der Waals surface area contributed by atoms with E-state index in [2.05, 4.69) is 0 Å². The van der Waals surface area contributed by atoms with Gasteiger partial charge < -0.3 is 5.73 Å². The first-order chi connectivity index (χ1) is 7.41. The summed E-state index contributed by atoms with van der Waals surface area (Å²) < 4.78 is 37.9. The zero-order valence-corrected chi connectivity index (χ0v) is 10.1. The number of halogens is 2. The molecule has 16 heavy (non-hydrogen) atoms. The molecule has 0 saturated heterocycles. The van der Waals surface area contributed by atoms with E-state index in [0.717, 1.165) is 12.1 Å². The van der Waals surface area contributed by atoms with Crippen molar-refractivity contribution >= 4 is 10.8 Å². The number of benzene rings is 1. The molecule has 0 amide bonds. The molecular weight excluding hydrogens is 232 g/mol. The maximum absolute atomic E-state index is 13.3. The summed E-state index contributed by atoms with van der Waals surface area (Å²) in [5, 5.41) is -0.250. The molecule has 0 fully saturated rings. The minimum atomic E-state index is -1.49. The SMILES string of the molecule is CC(N)CC(C)S(=O)c1ccc(F)cc1F. The maximum Gasteiger partial charge on any atom is 0.142 e. The fourth-order valence-electron chi connectivity index (χ4n) is 1.47. The predicted molar refractivity (Wildman–Crippen MR) is 60.5 cm³/mol. The van der Waals surface area contributed by atoms with Gasteiger partial charge in [-0.1, -0.05) is 6.92 Å². The molecule has 2 N–H and O–H groups in total. The van der Waals surface area contributed by atoms with Crippen LogP contribution in [-0.4, -0.2) is 15.5 Å². The molecule has 1 rings (SSSR count). The van der Waals surface area contributed by atoms with Crippen molar-refractivity contribution in [1.29, 1.82) is 0 Å². The molecule has 1 aromatic rings. The van der Waals surface area contributed by atoms with Gasteiger partial charge in [0.1, 0.15) is 11.6 Å². The number of nitrogens with two attached hydrogens (primary N) is 1. The summed E-state index contributed by atoms with van der Waals surface area (Å²) in [6.45, 7) is 3.54. The van der Waals surface area contributed by atoms with E-state index >= 15 is 0 Å². The van der Waals surface area contributed by atoms with Gasteiger partial charge in [0.25, 0.3) is 0 Å². The van der Waals surface area contributed by atoms with Crippen molar-refractivity contribution in [3.63, 3.8) is 0 Å². The van der Waals surface area contributed by atoms with Gasteiger partial charge in [-0.15, -0.1) is 0 Å². The zero-order chi connectivity index (χ0) is 12.3. The molecule has 0 radical (unpaired) electrons. The molecular formula is C11H15F2NOS. The van der Waals surface area contributed by atoms with E-state index < -0.39 is 22.4 Å². The van der Waals surface area contributed by atoms with E-state index in [1.807, 2.05) is 0 Å². The van der Waals surface area contributed by atoms with Crippen LogP contribution >= 0.6 is 0 Å². The van der Waals surface area contributed by atoms with Gasteiger partial charge in [-0.3, -0.25) is 4.21 Å². The van der Waals surface area contributed by atoms with Crippen LogP contribution in [0.5, 0.6) is 0 Å². The molecule has 0 heterocycles. The van der Waals surface area contributed by atoms with Crippen LogP contribution in [0.4, 0.5) is 8.78 Å². The largest absolute Gasteiger partial charge is 0.328 e. The Labute approximate surface area is 96.3 Å². The minimum Gasteiger partial charge on any atom is -0.328 e. The van der Waals surface area contributed by atoms with Gasteiger partial charge in [-0.05, 0) is 25.5 Å². The average molecular weight is 247 g/mol. The minimum absolute atomic E-state index is 0.0366. The molecule has 0 aliphatic carbocycles. The van der Waals surface area contributed by atoms with Gasteiger partial charge in [0.2, 0.25) is 0 Å². The highest BCUT2D eigenvalue weighted by Gasteiger charge is 2.18. The Morgan fingerprint density at radius 1 is 1.38 bits per heavy atom. The molecule has 3 unspecified atom stereocenters. The highest BCUT2D eigenvalue weighted by Crippen LogP contribution is 2.18. The highest BCUT2D eigenvalue weighted by molar-refractivity contribution is 7.85. The Morgan fingerprint density at radius 2 is 2.00 bits per heavy atom. The van der Waals surface area contributed by atoms with E-state index in [0.29, 0.717) is 6.42 Å². The molecule has 1 aromatic carbocycles. The van der Waals surface area contributed by atoms with Gasteiger partial charge in [0.15, 0.2) is 0 Å². The molecule has 0 aliphatic rings. The van der Waals surface area contributed by atoms with E-state index in [1.54, 1.807) is 13.8 Å². The molecule has 0 spiro atoms. The van der Waals surface area contributed by atoms with Gasteiger partial charge in [-0.25, -0.2) is 8.78 Å². The van der Waals surface area contributed by atoms with E-state index in [1.165, 1.54) is 6.07 Å². The quantitative estimate of drug-likeness (QED) is 0.886. The molecule has 0 aromatic heterocycles. The lowest BCUT2D eigenvalue weighted by atomic mass is 10.2. The topological polar surface area (TPSA) is 43.1 Å². The van der Waals surface area contributed by atoms with Crippen LogP contribution in [0, 0.1) is 11.6 Å². The smallest absolute Gasteiger partial charge is 0.142 e. The fourth-order valence-corrected chi connectivity index (χ4v) is 2.83. The number of hydrogen-bond acceptors (Lipinski definition) is 2. The van der Waals surface area contributed by atoms with Crippen LogP contribution in [0.1, 0.15) is 20.3 Å². The van der Waals surface area contributed by atoms with Crippen molar-refractivity contribution in [3.8, 4) is 0 Å². The standard InChI is InChI=1S/C11H15F2NOS/c1-7(14)5-8(2)16(15)11-4-3-9(12)6-10(11)13/h3-4,6-8H,5,14H2,1-2H3. The lowest BCUT2D eigenvalue weighted by Gasteiger charge is -2.14. The Hall–Kier alpha value is -0.810. The summed E-state index contributed by atoms with van der Waals surface area (Å²) in [4.78, 5) is 0.0366. The third-order valence-electron chi connectivity index (χ3n) is 2.18. The number of rotatable bonds is 4. The van der Waals surface area contributed by atoms with Crippen molar-refractivity contribution in [2.75, 3.05) is 0 Å². The van der Waals surface area contributed by atoms with Crippen LogP contribution in [0.3, 0.4) is 0 Å². The second kappa shape index (κ2) is 5.50. The number of hydrogen-bond donors (Lipinski definition) is 1. The third kappa shape index (κ3) is 3.35. The predicted octanol–water partition coefficient (Wildman–Crippen LogP) is 2.20. The first-order valence-corrected chi connectivity index (χ1v) is 6.24. The summed E-state index contributed by atoms with van der Waals surface area (Å²) in [6, 6.07) is 2.97. The van der Waals surface area contributed by atoms with Crippen molar-refractivity contribution in [3.05, 3.63) is 29.8 Å². The Bertz CT molecular complexity index is 396. The summed E-state index contributed by atoms with van der Waals surface area (Å²) in [5.41, 5.74) is 5.58. The maximum atomic E-state index is 13.3. The normalized spacial score (nSPS) is 16.8. The highest BCUT2D eigenvalue weighted by atomic mass is 32.2. The van der Waals surface area contributed by atoms with Crippen LogP contribution in [-0.2, 0) is 10.8 Å². The molecule has 2 nitrogen and oxygen atoms in total. The van der Waals surface area contributed by atoms with Crippen LogP contribution in [0.2, 0.25) is 0 Å². The van der Waals surface area contributed by atoms with Gasteiger partial charge in [0, 0.05) is 17.4 Å². The first-order valence-electron chi connectivity index (χ1n) is 5.03. The molecule has 0 aliphatic heterocycles. The van der Waals surface area contributed by atoms with Crippen molar-refractivity contribution in [1.82, 2.24) is 0 Å². The van der Waals surface area contributed by atoms with Gasteiger partial charge in [0.05, 0.1) is 15.7 Å². The second-order valence-corrected chi connectivity index (χ2v) is 5.74. The second-order valence-electron chi connectivity index (χ2n) is 3.90. The van der Waals surface area contributed by atoms with Crippen molar-refractivity contribution in [2.24, 2.45) is 5.73 Å². The molecule has 0 bridgehead atoms. The summed E-state index contributed by atoms with van der Waals surface area (Å²) in [6.07, 6.45) is 0.531. The van der Waals surface area contributed by atoms with Crippen molar-refractivity contribution < 1.29 is 13.0 Å². The Morgan fingerprint density at radius 3 is 2.50 bits per heavy atom.